The van der Waals surface area contributed by atoms with Crippen LogP contribution in [0.5, 0.6) is 0 Å². The average molecular weight is 152 g/mol. The molecule has 1 heterocycles. The summed E-state index contributed by atoms with van der Waals surface area (Å²) in [6, 6.07) is 0. The highest BCUT2D eigenvalue weighted by atomic mass is 17.2. The maximum absolute atomic E-state index is 8.75. The van der Waals surface area contributed by atoms with Crippen molar-refractivity contribution in [2.75, 3.05) is 0 Å². The Bertz CT molecular complexity index is 102. The molecule has 1 fully saturated rings. The van der Waals surface area contributed by atoms with Crippen molar-refractivity contribution in [1.82, 2.24) is 0 Å². The molecule has 10 heavy (non-hydrogen) atoms. The average Bonchev–Trinajstić information content (AvgIpc) is 1.93. The Hall–Kier alpha value is -0.240. The molecule has 0 spiro atoms. The van der Waals surface area contributed by atoms with E-state index in [4.69, 9.17) is 20.4 Å². The predicted octanol–water partition coefficient (Wildman–Crippen LogP) is -2.69. The smallest absolute Gasteiger partial charge is 0.217 e. The molecular weight excluding hydrogens is 144 g/mol. The Labute approximate surface area is 56.2 Å². The molecule has 4 atom stereocenters. The van der Waals surface area contributed by atoms with Crippen LogP contribution in [0.1, 0.15) is 0 Å². The van der Waals surface area contributed by atoms with E-state index in [0.717, 1.165) is 0 Å². The van der Waals surface area contributed by atoms with Crippen LogP contribution < -0.4 is 0 Å². The summed E-state index contributed by atoms with van der Waals surface area (Å²) in [4.78, 5) is 7.94. The normalized spacial score (nSPS) is 49.2. The second-order valence-electron chi connectivity index (χ2n) is 1.95. The molecule has 0 aliphatic carbocycles. The molecule has 0 saturated carbocycles. The third-order valence-corrected chi connectivity index (χ3v) is 1.19. The van der Waals surface area contributed by atoms with Crippen LogP contribution in [0, 0.1) is 0 Å². The van der Waals surface area contributed by atoms with Crippen molar-refractivity contribution in [3.05, 3.63) is 0 Å². The maximum atomic E-state index is 8.75. The molecule has 0 aromatic rings. The fourth-order valence-electron chi connectivity index (χ4n) is 0.565. The van der Waals surface area contributed by atoms with Crippen LogP contribution in [-0.2, 0) is 9.78 Å². The summed E-state index contributed by atoms with van der Waals surface area (Å²) in [5, 5.41) is 34.7. The lowest BCUT2D eigenvalue weighted by Crippen LogP contribution is -2.51. The first-order valence-corrected chi connectivity index (χ1v) is 2.67. The van der Waals surface area contributed by atoms with Crippen LogP contribution in [0.15, 0.2) is 0 Å². The van der Waals surface area contributed by atoms with E-state index in [9.17, 15) is 0 Å². The van der Waals surface area contributed by atoms with Gasteiger partial charge in [0, 0.05) is 0 Å². The summed E-state index contributed by atoms with van der Waals surface area (Å²) >= 11 is 0. The molecule has 1 aliphatic heterocycles. The fraction of sp³-hybridized carbons (Fsp3) is 1.00. The van der Waals surface area contributed by atoms with Gasteiger partial charge in [-0.3, -0.25) is 0 Å². The minimum atomic E-state index is -1.61. The molecule has 4 N–H and O–H groups in total. The van der Waals surface area contributed by atoms with Gasteiger partial charge in [0.2, 0.25) is 12.6 Å². The lowest BCUT2D eigenvalue weighted by Gasteiger charge is -2.30. The van der Waals surface area contributed by atoms with Gasteiger partial charge in [0.1, 0.15) is 12.2 Å². The monoisotopic (exact) mass is 152 g/mol. The second kappa shape index (κ2) is 2.79. The van der Waals surface area contributed by atoms with Crippen LogP contribution in [0.3, 0.4) is 0 Å². The van der Waals surface area contributed by atoms with E-state index in [1.165, 1.54) is 0 Å². The van der Waals surface area contributed by atoms with Gasteiger partial charge in [-0.2, -0.15) is 9.78 Å². The van der Waals surface area contributed by atoms with Crippen LogP contribution in [0.2, 0.25) is 0 Å². The van der Waals surface area contributed by atoms with Crippen LogP contribution in [0.25, 0.3) is 0 Å². The van der Waals surface area contributed by atoms with Gasteiger partial charge in [-0.05, 0) is 0 Å². The van der Waals surface area contributed by atoms with Gasteiger partial charge in [-0.25, -0.2) is 0 Å². The number of aliphatic hydroxyl groups is 4. The molecule has 0 aromatic heterocycles. The summed E-state index contributed by atoms with van der Waals surface area (Å²) in [7, 11) is 0. The van der Waals surface area contributed by atoms with E-state index < -0.39 is 24.8 Å². The van der Waals surface area contributed by atoms with Crippen molar-refractivity contribution in [2.24, 2.45) is 0 Å². The van der Waals surface area contributed by atoms with Gasteiger partial charge in [-0.15, -0.1) is 0 Å². The lowest BCUT2D eigenvalue weighted by molar-refractivity contribution is -0.482. The van der Waals surface area contributed by atoms with Gasteiger partial charge in [0.15, 0.2) is 0 Å². The largest absolute Gasteiger partial charge is 0.385 e. The molecular formula is C4H8O6. The zero-order valence-electron chi connectivity index (χ0n) is 4.91. The van der Waals surface area contributed by atoms with Crippen molar-refractivity contribution < 1.29 is 30.2 Å². The Balaban J connectivity index is 2.52. The first kappa shape index (κ1) is 7.86. The van der Waals surface area contributed by atoms with E-state index in [1.54, 1.807) is 0 Å². The summed E-state index contributed by atoms with van der Waals surface area (Å²) in [5.41, 5.74) is 0. The summed E-state index contributed by atoms with van der Waals surface area (Å²) in [5.74, 6) is 0. The molecule has 4 unspecified atom stereocenters. The Morgan fingerprint density at radius 1 is 0.700 bits per heavy atom. The standard InChI is InChI=1S/C4H8O6/c5-1-2(6)4(8)10-9-3(1)7/h1-8H. The van der Waals surface area contributed by atoms with E-state index in [0.29, 0.717) is 0 Å². The molecule has 1 saturated heterocycles. The summed E-state index contributed by atoms with van der Waals surface area (Å²) in [6.07, 6.45) is -6.30. The topological polar surface area (TPSA) is 99.4 Å². The minimum absolute atomic E-state index is 1.54. The first-order valence-electron chi connectivity index (χ1n) is 2.67. The van der Waals surface area contributed by atoms with Gasteiger partial charge in [0.25, 0.3) is 0 Å². The SMILES string of the molecule is OC1OOC(O)C(O)C1O. The third-order valence-electron chi connectivity index (χ3n) is 1.19. The zero-order chi connectivity index (χ0) is 7.72. The van der Waals surface area contributed by atoms with Crippen molar-refractivity contribution in [1.29, 1.82) is 0 Å². The molecule has 0 radical (unpaired) electrons. The van der Waals surface area contributed by atoms with Gasteiger partial charge < -0.3 is 20.4 Å². The van der Waals surface area contributed by atoms with Gasteiger partial charge in [0.05, 0.1) is 0 Å². The summed E-state index contributed by atoms with van der Waals surface area (Å²) in [6.45, 7) is 0. The van der Waals surface area contributed by atoms with Crippen molar-refractivity contribution in [3.8, 4) is 0 Å². The van der Waals surface area contributed by atoms with Crippen LogP contribution in [0.4, 0.5) is 0 Å². The van der Waals surface area contributed by atoms with Gasteiger partial charge in [-0.1, -0.05) is 0 Å². The predicted molar refractivity (Wildman–Crippen MR) is 26.2 cm³/mol. The highest BCUT2D eigenvalue weighted by Gasteiger charge is 2.38. The van der Waals surface area contributed by atoms with E-state index >= 15 is 0 Å². The van der Waals surface area contributed by atoms with Gasteiger partial charge >= 0.3 is 0 Å². The molecule has 0 aromatic carbocycles. The third kappa shape index (κ3) is 1.26. The molecule has 0 amide bonds. The zero-order valence-corrected chi connectivity index (χ0v) is 4.91. The lowest BCUT2D eigenvalue weighted by atomic mass is 10.2. The first-order chi connectivity index (χ1) is 4.63. The molecule has 1 rings (SSSR count). The number of aliphatic hydroxyl groups excluding tert-OH is 4. The van der Waals surface area contributed by atoms with E-state index in [1.807, 2.05) is 0 Å². The molecule has 1 aliphatic rings. The van der Waals surface area contributed by atoms with Crippen molar-refractivity contribution in [2.45, 2.75) is 24.8 Å². The van der Waals surface area contributed by atoms with Crippen LogP contribution >= 0.6 is 0 Å². The van der Waals surface area contributed by atoms with Crippen molar-refractivity contribution in [3.63, 3.8) is 0 Å². The Morgan fingerprint density at radius 3 is 1.30 bits per heavy atom. The Morgan fingerprint density at radius 2 is 1.00 bits per heavy atom. The number of hydrogen-bond acceptors (Lipinski definition) is 6. The number of rotatable bonds is 0. The highest BCUT2D eigenvalue weighted by molar-refractivity contribution is 4.73. The number of hydrogen-bond donors (Lipinski definition) is 4. The minimum Gasteiger partial charge on any atom is -0.385 e. The van der Waals surface area contributed by atoms with E-state index in [-0.39, 0.29) is 0 Å². The fourth-order valence-corrected chi connectivity index (χ4v) is 0.565. The molecule has 0 bridgehead atoms. The second-order valence-corrected chi connectivity index (χ2v) is 1.95. The van der Waals surface area contributed by atoms with E-state index in [2.05, 4.69) is 9.78 Å². The molecule has 6 nitrogen and oxygen atoms in total. The quantitative estimate of drug-likeness (QED) is 0.282. The van der Waals surface area contributed by atoms with Crippen molar-refractivity contribution >= 4 is 0 Å². The summed E-state index contributed by atoms with van der Waals surface area (Å²) < 4.78 is 0. The maximum Gasteiger partial charge on any atom is 0.217 e. The molecule has 60 valence electrons. The highest BCUT2D eigenvalue weighted by Crippen LogP contribution is 2.13. The Kier molecular flexibility index (Phi) is 2.19. The molecule has 6 heteroatoms. The van der Waals surface area contributed by atoms with Crippen LogP contribution in [-0.4, -0.2) is 45.2 Å².